The third kappa shape index (κ3) is 2.57. The predicted octanol–water partition coefficient (Wildman–Crippen LogP) is 3.01. The van der Waals surface area contributed by atoms with E-state index in [0.717, 1.165) is 11.1 Å². The number of rotatable bonds is 3. The minimum absolute atomic E-state index is 0.497. The van der Waals surface area contributed by atoms with Crippen molar-refractivity contribution in [2.45, 2.75) is 27.7 Å². The molecule has 0 aromatic carbocycles. The second-order valence-electron chi connectivity index (χ2n) is 3.52. The Morgan fingerprint density at radius 1 is 1.17 bits per heavy atom. The SMILES string of the molecule is C=C(C)/C(C(=C)N)=C(/C)C(C)C. The molecule has 0 spiro atoms. The van der Waals surface area contributed by atoms with Gasteiger partial charge in [0, 0.05) is 5.70 Å². The van der Waals surface area contributed by atoms with E-state index in [2.05, 4.69) is 33.9 Å². The van der Waals surface area contributed by atoms with Crippen molar-refractivity contribution in [3.05, 3.63) is 35.6 Å². The van der Waals surface area contributed by atoms with Crippen LogP contribution in [0.3, 0.4) is 0 Å². The molecule has 0 aromatic heterocycles. The molecule has 0 atom stereocenters. The van der Waals surface area contributed by atoms with E-state index in [0.29, 0.717) is 11.6 Å². The predicted molar refractivity (Wildman–Crippen MR) is 55.7 cm³/mol. The molecule has 0 aromatic rings. The number of nitrogens with two attached hydrogens (primary N) is 1. The lowest BCUT2D eigenvalue weighted by molar-refractivity contribution is 0.759. The van der Waals surface area contributed by atoms with Crippen LogP contribution < -0.4 is 5.73 Å². The third-order valence-electron chi connectivity index (χ3n) is 2.01. The van der Waals surface area contributed by atoms with E-state index in [1.54, 1.807) is 0 Å². The number of hydrogen-bond acceptors (Lipinski definition) is 1. The highest BCUT2D eigenvalue weighted by Crippen LogP contribution is 2.22. The first-order chi connectivity index (χ1) is 5.37. The van der Waals surface area contributed by atoms with Gasteiger partial charge in [-0.25, -0.2) is 0 Å². The molecule has 0 aliphatic carbocycles. The molecule has 0 aliphatic rings. The average molecular weight is 165 g/mol. The van der Waals surface area contributed by atoms with Gasteiger partial charge in [-0.1, -0.05) is 32.6 Å². The average Bonchev–Trinajstić information content (AvgIpc) is 1.85. The Morgan fingerprint density at radius 3 is 1.67 bits per heavy atom. The summed E-state index contributed by atoms with van der Waals surface area (Å²) in [5.74, 6) is 0.497. The van der Waals surface area contributed by atoms with Gasteiger partial charge in [0.2, 0.25) is 0 Å². The van der Waals surface area contributed by atoms with Crippen molar-refractivity contribution in [2.75, 3.05) is 0 Å². The summed E-state index contributed by atoms with van der Waals surface area (Å²) in [7, 11) is 0. The smallest absolute Gasteiger partial charge is 0.0316 e. The van der Waals surface area contributed by atoms with Gasteiger partial charge in [0.15, 0.2) is 0 Å². The largest absolute Gasteiger partial charge is 0.399 e. The summed E-state index contributed by atoms with van der Waals surface area (Å²) in [5, 5.41) is 0. The van der Waals surface area contributed by atoms with E-state index < -0.39 is 0 Å². The highest BCUT2D eigenvalue weighted by atomic mass is 14.6. The van der Waals surface area contributed by atoms with Crippen molar-refractivity contribution in [2.24, 2.45) is 11.7 Å². The van der Waals surface area contributed by atoms with E-state index in [9.17, 15) is 0 Å². The minimum atomic E-state index is 0.497. The summed E-state index contributed by atoms with van der Waals surface area (Å²) in [6, 6.07) is 0. The maximum Gasteiger partial charge on any atom is 0.0316 e. The Balaban J connectivity index is 5.08. The van der Waals surface area contributed by atoms with Crippen LogP contribution in [0, 0.1) is 5.92 Å². The minimum Gasteiger partial charge on any atom is -0.399 e. The van der Waals surface area contributed by atoms with Crippen LogP contribution in [0.5, 0.6) is 0 Å². The highest BCUT2D eigenvalue weighted by molar-refractivity contribution is 5.44. The van der Waals surface area contributed by atoms with Gasteiger partial charge in [-0.2, -0.15) is 0 Å². The molecule has 0 saturated carbocycles. The van der Waals surface area contributed by atoms with Crippen LogP contribution >= 0.6 is 0 Å². The van der Waals surface area contributed by atoms with Crippen LogP contribution in [0.25, 0.3) is 0 Å². The van der Waals surface area contributed by atoms with E-state index in [4.69, 9.17) is 5.73 Å². The quantitative estimate of drug-likeness (QED) is 0.639. The summed E-state index contributed by atoms with van der Waals surface area (Å²) in [6.07, 6.45) is 0. The molecular weight excluding hydrogens is 146 g/mol. The topological polar surface area (TPSA) is 26.0 Å². The van der Waals surface area contributed by atoms with E-state index >= 15 is 0 Å². The highest BCUT2D eigenvalue weighted by Gasteiger charge is 2.07. The maximum atomic E-state index is 5.66. The summed E-state index contributed by atoms with van der Waals surface area (Å²) in [6.45, 7) is 15.9. The molecule has 0 saturated heterocycles. The van der Waals surface area contributed by atoms with Gasteiger partial charge < -0.3 is 5.73 Å². The molecule has 0 bridgehead atoms. The zero-order chi connectivity index (χ0) is 9.89. The second-order valence-corrected chi connectivity index (χ2v) is 3.52. The van der Waals surface area contributed by atoms with Crippen LogP contribution in [-0.2, 0) is 0 Å². The van der Waals surface area contributed by atoms with Crippen LogP contribution in [0.15, 0.2) is 35.6 Å². The lowest BCUT2D eigenvalue weighted by Gasteiger charge is -2.14. The van der Waals surface area contributed by atoms with Crippen LogP contribution in [0.4, 0.5) is 0 Å². The van der Waals surface area contributed by atoms with E-state index in [1.807, 2.05) is 6.92 Å². The molecule has 0 unspecified atom stereocenters. The van der Waals surface area contributed by atoms with E-state index in [1.165, 1.54) is 5.57 Å². The van der Waals surface area contributed by atoms with Crippen molar-refractivity contribution in [3.63, 3.8) is 0 Å². The lowest BCUT2D eigenvalue weighted by Crippen LogP contribution is -2.05. The monoisotopic (exact) mass is 165 g/mol. The second kappa shape index (κ2) is 4.15. The zero-order valence-corrected chi connectivity index (χ0v) is 8.57. The Bertz CT molecular complexity index is 215. The molecule has 1 heteroatoms. The first-order valence-corrected chi connectivity index (χ1v) is 4.19. The summed E-state index contributed by atoms with van der Waals surface area (Å²) < 4.78 is 0. The number of allylic oxidation sites excluding steroid dienone is 2. The van der Waals surface area contributed by atoms with Gasteiger partial charge in [-0.3, -0.25) is 0 Å². The normalized spacial score (nSPS) is 12.8. The van der Waals surface area contributed by atoms with Crippen LogP contribution in [-0.4, -0.2) is 0 Å². The molecule has 0 radical (unpaired) electrons. The standard InChI is InChI=1S/C11H19N/c1-7(2)9(5)11(8(3)4)10(6)12/h7H,3,6,12H2,1-2,4-5H3/b11-9+. The molecule has 68 valence electrons. The fraction of sp³-hybridized carbons (Fsp3) is 0.455. The van der Waals surface area contributed by atoms with Gasteiger partial charge in [0.25, 0.3) is 0 Å². The molecule has 0 aliphatic heterocycles. The molecule has 0 amide bonds. The van der Waals surface area contributed by atoms with Gasteiger partial charge in [0.1, 0.15) is 0 Å². The zero-order valence-electron chi connectivity index (χ0n) is 8.57. The first kappa shape index (κ1) is 11.0. The van der Waals surface area contributed by atoms with Crippen molar-refractivity contribution in [3.8, 4) is 0 Å². The Kier molecular flexibility index (Phi) is 3.81. The molecule has 0 rings (SSSR count). The van der Waals surface area contributed by atoms with Crippen LogP contribution in [0.2, 0.25) is 0 Å². The third-order valence-corrected chi connectivity index (χ3v) is 2.01. The van der Waals surface area contributed by atoms with Gasteiger partial charge >= 0.3 is 0 Å². The summed E-state index contributed by atoms with van der Waals surface area (Å²) >= 11 is 0. The van der Waals surface area contributed by atoms with Crippen molar-refractivity contribution in [1.29, 1.82) is 0 Å². The Hall–Kier alpha value is -0.980. The Morgan fingerprint density at radius 2 is 1.58 bits per heavy atom. The molecule has 12 heavy (non-hydrogen) atoms. The molecule has 1 nitrogen and oxygen atoms in total. The van der Waals surface area contributed by atoms with Crippen molar-refractivity contribution in [1.82, 2.24) is 0 Å². The molecule has 0 heterocycles. The summed E-state index contributed by atoms with van der Waals surface area (Å²) in [5.41, 5.74) is 9.57. The summed E-state index contributed by atoms with van der Waals surface area (Å²) in [4.78, 5) is 0. The molecular formula is C11H19N. The maximum absolute atomic E-state index is 5.66. The van der Waals surface area contributed by atoms with Crippen LogP contribution in [0.1, 0.15) is 27.7 Å². The lowest BCUT2D eigenvalue weighted by atomic mass is 9.93. The van der Waals surface area contributed by atoms with Crippen molar-refractivity contribution < 1.29 is 0 Å². The van der Waals surface area contributed by atoms with Crippen molar-refractivity contribution >= 4 is 0 Å². The van der Waals surface area contributed by atoms with Gasteiger partial charge in [-0.05, 0) is 30.9 Å². The fourth-order valence-electron chi connectivity index (χ4n) is 1.15. The first-order valence-electron chi connectivity index (χ1n) is 4.19. The Labute approximate surface area is 75.7 Å². The van der Waals surface area contributed by atoms with E-state index in [-0.39, 0.29) is 0 Å². The molecule has 0 fully saturated rings. The van der Waals surface area contributed by atoms with Gasteiger partial charge in [0.05, 0.1) is 0 Å². The fourth-order valence-corrected chi connectivity index (χ4v) is 1.15. The molecule has 2 N–H and O–H groups in total. The van der Waals surface area contributed by atoms with Gasteiger partial charge in [-0.15, -0.1) is 0 Å². The number of hydrogen-bond donors (Lipinski definition) is 1.